The van der Waals surface area contributed by atoms with Crippen molar-refractivity contribution in [3.8, 4) is 0 Å². The molecule has 6 heteroatoms. The van der Waals surface area contributed by atoms with Gasteiger partial charge in [-0.15, -0.1) is 0 Å². The standard InChI is InChI=1S/C17H32O2.C15H28O2.C14H26O2/c1-2-3-4-5-6-7-8-9-10-11-12-13-16-14-15-17(18)19-16;1-2-3-4-5-6-7-8-9-10-11-14-12-13-15(16)17-14;1-3-4-5-6-7-8-9-11-14(2)12-10-13(15)16-14/h16H,2-15H2,1H3;14H,2-13H2,1H3;3-12H2,1-2H3. The molecule has 0 aromatic carbocycles. The van der Waals surface area contributed by atoms with Crippen LogP contribution in [-0.4, -0.2) is 35.7 Å². The van der Waals surface area contributed by atoms with Gasteiger partial charge in [-0.2, -0.15) is 0 Å². The highest BCUT2D eigenvalue weighted by atomic mass is 16.6. The molecule has 0 aromatic heterocycles. The maximum atomic E-state index is 11.0. The first-order valence-electron chi connectivity index (χ1n) is 22.9. The lowest BCUT2D eigenvalue weighted by Crippen LogP contribution is -2.23. The molecule has 306 valence electrons. The lowest BCUT2D eigenvalue weighted by Gasteiger charge is -2.22. The van der Waals surface area contributed by atoms with Crippen molar-refractivity contribution in [1.29, 1.82) is 0 Å². The maximum Gasteiger partial charge on any atom is 0.306 e. The molecule has 3 fully saturated rings. The number of hydrogen-bond acceptors (Lipinski definition) is 6. The van der Waals surface area contributed by atoms with Crippen molar-refractivity contribution in [2.75, 3.05) is 0 Å². The maximum absolute atomic E-state index is 11.0. The van der Waals surface area contributed by atoms with E-state index in [0.717, 1.165) is 38.5 Å². The minimum atomic E-state index is -0.138. The molecule has 6 nitrogen and oxygen atoms in total. The van der Waals surface area contributed by atoms with E-state index in [0.29, 0.717) is 19.3 Å². The topological polar surface area (TPSA) is 78.9 Å². The highest BCUT2D eigenvalue weighted by Crippen LogP contribution is 2.31. The first kappa shape index (κ1) is 48.4. The lowest BCUT2D eigenvalue weighted by molar-refractivity contribution is -0.147. The molecule has 3 rings (SSSR count). The molecule has 52 heavy (non-hydrogen) atoms. The second-order valence-corrected chi connectivity index (χ2v) is 16.5. The van der Waals surface area contributed by atoms with Crippen LogP contribution in [0.1, 0.15) is 259 Å². The number of carbonyl (C=O) groups excluding carboxylic acids is 3. The van der Waals surface area contributed by atoms with E-state index < -0.39 is 0 Å². The molecule has 3 aliphatic heterocycles. The molecule has 0 bridgehead atoms. The number of rotatable bonds is 30. The predicted molar refractivity (Wildman–Crippen MR) is 217 cm³/mol. The summed E-state index contributed by atoms with van der Waals surface area (Å²) in [6.45, 7) is 8.85. The molecule has 0 spiro atoms. The summed E-state index contributed by atoms with van der Waals surface area (Å²) in [6.07, 6.45) is 45.1. The molecule has 0 aliphatic carbocycles. The summed E-state index contributed by atoms with van der Waals surface area (Å²) in [7, 11) is 0. The van der Waals surface area contributed by atoms with Crippen LogP contribution in [0.2, 0.25) is 0 Å². The first-order chi connectivity index (χ1) is 25.3. The van der Waals surface area contributed by atoms with Gasteiger partial charge in [-0.1, -0.05) is 175 Å². The van der Waals surface area contributed by atoms with Gasteiger partial charge in [0.1, 0.15) is 17.8 Å². The molecule has 3 atom stereocenters. The van der Waals surface area contributed by atoms with Crippen LogP contribution in [-0.2, 0) is 28.6 Å². The number of ether oxygens (including phenoxy) is 3. The van der Waals surface area contributed by atoms with Crippen molar-refractivity contribution in [2.24, 2.45) is 0 Å². The molecule has 3 heterocycles. The monoisotopic (exact) mass is 735 g/mol. The molecule has 3 aliphatic rings. The molecular weight excluding hydrogens is 649 g/mol. The van der Waals surface area contributed by atoms with Crippen LogP contribution in [0, 0.1) is 0 Å². The van der Waals surface area contributed by atoms with Crippen LogP contribution in [0.5, 0.6) is 0 Å². The molecule has 0 radical (unpaired) electrons. The minimum absolute atomic E-state index is 0.00549. The number of unbranched alkanes of at least 4 members (excludes halogenated alkanes) is 24. The smallest absolute Gasteiger partial charge is 0.306 e. The summed E-state index contributed by atoms with van der Waals surface area (Å²) in [5.41, 5.74) is -0.138. The number of cyclic esters (lactones) is 3. The Hall–Kier alpha value is -1.59. The van der Waals surface area contributed by atoms with E-state index in [4.69, 9.17) is 14.2 Å². The molecule has 0 aromatic rings. The molecule has 3 unspecified atom stereocenters. The third kappa shape index (κ3) is 28.9. The van der Waals surface area contributed by atoms with Crippen molar-refractivity contribution in [2.45, 2.75) is 277 Å². The molecule has 0 saturated carbocycles. The Morgan fingerprint density at radius 2 is 0.769 bits per heavy atom. The van der Waals surface area contributed by atoms with E-state index in [1.54, 1.807) is 0 Å². The van der Waals surface area contributed by atoms with Gasteiger partial charge in [0.25, 0.3) is 0 Å². The average Bonchev–Trinajstić information content (AvgIpc) is 3.85. The lowest BCUT2D eigenvalue weighted by atomic mass is 9.95. The van der Waals surface area contributed by atoms with Gasteiger partial charge in [0.2, 0.25) is 0 Å². The molecule has 0 N–H and O–H groups in total. The SMILES string of the molecule is CCCCCCCCCC1(C)CCC(=O)O1.CCCCCCCCCCCC1CCC(=O)O1.CCCCCCCCCCCCCC1CCC(=O)O1. The Labute approximate surface area is 322 Å². The van der Waals surface area contributed by atoms with Crippen molar-refractivity contribution < 1.29 is 28.6 Å². The van der Waals surface area contributed by atoms with Crippen LogP contribution in [0.4, 0.5) is 0 Å². The Kier molecular flexibility index (Phi) is 31.6. The van der Waals surface area contributed by atoms with E-state index in [1.165, 1.54) is 173 Å². The summed E-state index contributed by atoms with van der Waals surface area (Å²) in [5, 5.41) is 0. The number of hydrogen-bond donors (Lipinski definition) is 0. The molecular formula is C46H86O6. The van der Waals surface area contributed by atoms with Crippen molar-refractivity contribution in [3.05, 3.63) is 0 Å². The third-order valence-electron chi connectivity index (χ3n) is 11.2. The number of carbonyl (C=O) groups is 3. The predicted octanol–water partition coefficient (Wildman–Crippen LogP) is 14.2. The fourth-order valence-electron chi connectivity index (χ4n) is 7.67. The van der Waals surface area contributed by atoms with E-state index in [9.17, 15) is 14.4 Å². The van der Waals surface area contributed by atoms with Crippen LogP contribution in [0.15, 0.2) is 0 Å². The Morgan fingerprint density at radius 1 is 0.442 bits per heavy atom. The quantitative estimate of drug-likeness (QED) is 0.0415. The van der Waals surface area contributed by atoms with Gasteiger partial charge >= 0.3 is 17.9 Å². The summed E-state index contributed by atoms with van der Waals surface area (Å²) < 4.78 is 15.8. The van der Waals surface area contributed by atoms with Crippen molar-refractivity contribution in [1.82, 2.24) is 0 Å². The Balaban J connectivity index is 0.000000392. The first-order valence-corrected chi connectivity index (χ1v) is 22.9. The zero-order valence-corrected chi connectivity index (χ0v) is 35.1. The molecule has 3 saturated heterocycles. The largest absolute Gasteiger partial charge is 0.462 e. The van der Waals surface area contributed by atoms with Crippen molar-refractivity contribution >= 4 is 17.9 Å². The minimum Gasteiger partial charge on any atom is -0.462 e. The zero-order chi connectivity index (χ0) is 38.0. The summed E-state index contributed by atoms with van der Waals surface area (Å²) in [5.74, 6) is 0.00411. The van der Waals surface area contributed by atoms with E-state index in [-0.39, 0.29) is 35.7 Å². The van der Waals surface area contributed by atoms with Gasteiger partial charge in [-0.05, 0) is 64.7 Å². The summed E-state index contributed by atoms with van der Waals surface area (Å²) in [4.78, 5) is 32.9. The fourth-order valence-corrected chi connectivity index (χ4v) is 7.67. The van der Waals surface area contributed by atoms with Crippen LogP contribution in [0.3, 0.4) is 0 Å². The van der Waals surface area contributed by atoms with Gasteiger partial charge in [0, 0.05) is 19.3 Å². The average molecular weight is 735 g/mol. The van der Waals surface area contributed by atoms with Crippen molar-refractivity contribution in [3.63, 3.8) is 0 Å². The normalized spacial score (nSPS) is 20.9. The second kappa shape index (κ2) is 33.9. The van der Waals surface area contributed by atoms with Gasteiger partial charge in [-0.25, -0.2) is 0 Å². The zero-order valence-electron chi connectivity index (χ0n) is 35.1. The van der Waals surface area contributed by atoms with Crippen LogP contribution >= 0.6 is 0 Å². The fraction of sp³-hybridized carbons (Fsp3) is 0.935. The Bertz CT molecular complexity index is 858. The summed E-state index contributed by atoms with van der Waals surface area (Å²) >= 11 is 0. The van der Waals surface area contributed by atoms with Crippen LogP contribution in [0.25, 0.3) is 0 Å². The van der Waals surface area contributed by atoms with E-state index in [1.807, 2.05) is 0 Å². The van der Waals surface area contributed by atoms with Gasteiger partial charge < -0.3 is 14.2 Å². The van der Waals surface area contributed by atoms with Gasteiger partial charge in [-0.3, -0.25) is 14.4 Å². The Morgan fingerprint density at radius 3 is 1.06 bits per heavy atom. The van der Waals surface area contributed by atoms with E-state index in [2.05, 4.69) is 27.7 Å². The van der Waals surface area contributed by atoms with Gasteiger partial charge in [0.15, 0.2) is 0 Å². The molecule has 0 amide bonds. The third-order valence-corrected chi connectivity index (χ3v) is 11.2. The van der Waals surface area contributed by atoms with E-state index >= 15 is 0 Å². The summed E-state index contributed by atoms with van der Waals surface area (Å²) in [6, 6.07) is 0. The van der Waals surface area contributed by atoms with Crippen LogP contribution < -0.4 is 0 Å². The highest BCUT2D eigenvalue weighted by molar-refractivity contribution is 5.72. The number of esters is 3. The highest BCUT2D eigenvalue weighted by Gasteiger charge is 2.34. The second-order valence-electron chi connectivity index (χ2n) is 16.5. The van der Waals surface area contributed by atoms with Gasteiger partial charge in [0.05, 0.1) is 0 Å².